The summed E-state index contributed by atoms with van der Waals surface area (Å²) in [5.74, 6) is 1.96. The van der Waals surface area contributed by atoms with Gasteiger partial charge in [0.05, 0.1) is 0 Å². The molecular formula is C16H26N4. The second-order valence-corrected chi connectivity index (χ2v) is 6.40. The number of rotatable bonds is 2. The van der Waals surface area contributed by atoms with E-state index in [4.69, 9.17) is 5.73 Å². The summed E-state index contributed by atoms with van der Waals surface area (Å²) in [4.78, 5) is 11.6. The molecule has 0 spiro atoms. The van der Waals surface area contributed by atoms with E-state index in [-0.39, 0.29) is 0 Å². The molecule has 1 aliphatic heterocycles. The van der Waals surface area contributed by atoms with Crippen LogP contribution in [0.25, 0.3) is 0 Å². The van der Waals surface area contributed by atoms with E-state index in [0.717, 1.165) is 31.8 Å². The van der Waals surface area contributed by atoms with Crippen molar-refractivity contribution in [3.05, 3.63) is 17.6 Å². The molecule has 3 rings (SSSR count). The zero-order valence-electron chi connectivity index (χ0n) is 12.5. The van der Waals surface area contributed by atoms with Crippen LogP contribution in [0.15, 0.2) is 6.33 Å². The third-order valence-corrected chi connectivity index (χ3v) is 4.87. The fourth-order valence-corrected chi connectivity index (χ4v) is 3.68. The Morgan fingerprint density at radius 1 is 1.25 bits per heavy atom. The van der Waals surface area contributed by atoms with E-state index in [1.807, 2.05) is 0 Å². The predicted molar refractivity (Wildman–Crippen MR) is 81.9 cm³/mol. The molecule has 20 heavy (non-hydrogen) atoms. The molecule has 0 radical (unpaired) electrons. The van der Waals surface area contributed by atoms with Gasteiger partial charge < -0.3 is 10.6 Å². The lowest BCUT2D eigenvalue weighted by Gasteiger charge is -2.39. The largest absolute Gasteiger partial charge is 0.352 e. The number of nitrogens with zero attached hydrogens (tertiary/aromatic N) is 3. The maximum Gasteiger partial charge on any atom is 0.135 e. The van der Waals surface area contributed by atoms with E-state index in [0.29, 0.717) is 6.04 Å². The molecule has 1 aromatic rings. The van der Waals surface area contributed by atoms with Gasteiger partial charge in [-0.05, 0) is 44.4 Å². The Balaban J connectivity index is 1.93. The zero-order valence-corrected chi connectivity index (χ0v) is 12.5. The van der Waals surface area contributed by atoms with Crippen LogP contribution >= 0.6 is 0 Å². The van der Waals surface area contributed by atoms with E-state index in [2.05, 4.69) is 21.8 Å². The van der Waals surface area contributed by atoms with Crippen molar-refractivity contribution in [2.75, 3.05) is 18.0 Å². The van der Waals surface area contributed by atoms with E-state index in [1.165, 1.54) is 49.2 Å². The lowest BCUT2D eigenvalue weighted by molar-refractivity contribution is 0.364. The highest BCUT2D eigenvalue weighted by Crippen LogP contribution is 2.31. The molecule has 2 atom stereocenters. The number of hydrogen-bond acceptors (Lipinski definition) is 4. The van der Waals surface area contributed by atoms with Crippen LogP contribution in [0.3, 0.4) is 0 Å². The van der Waals surface area contributed by atoms with Crippen molar-refractivity contribution in [3.63, 3.8) is 0 Å². The van der Waals surface area contributed by atoms with Crippen molar-refractivity contribution in [2.24, 2.45) is 11.7 Å². The average molecular weight is 274 g/mol. The van der Waals surface area contributed by atoms with Crippen LogP contribution in [0.5, 0.6) is 0 Å². The van der Waals surface area contributed by atoms with Crippen LogP contribution in [0, 0.1) is 5.92 Å². The van der Waals surface area contributed by atoms with Gasteiger partial charge in [0.2, 0.25) is 0 Å². The summed E-state index contributed by atoms with van der Waals surface area (Å²) >= 11 is 0. The fraction of sp³-hybridized carbons (Fsp3) is 0.750. The summed E-state index contributed by atoms with van der Waals surface area (Å²) in [6, 6.07) is 0.445. The van der Waals surface area contributed by atoms with Crippen molar-refractivity contribution in [3.8, 4) is 0 Å². The number of aryl methyl sites for hydroxylation is 1. The first kappa shape index (κ1) is 13.8. The van der Waals surface area contributed by atoms with Crippen molar-refractivity contribution >= 4 is 5.82 Å². The Bertz CT molecular complexity index is 460. The number of aromatic nitrogens is 2. The third kappa shape index (κ3) is 2.66. The maximum atomic E-state index is 6.02. The summed E-state index contributed by atoms with van der Waals surface area (Å²) < 4.78 is 0. The molecule has 110 valence electrons. The summed E-state index contributed by atoms with van der Waals surface area (Å²) in [5, 5.41) is 0. The number of piperidine rings is 1. The van der Waals surface area contributed by atoms with E-state index in [1.54, 1.807) is 6.33 Å². The van der Waals surface area contributed by atoms with Crippen LogP contribution in [-0.2, 0) is 12.8 Å². The first-order chi connectivity index (χ1) is 9.79. The quantitative estimate of drug-likeness (QED) is 0.841. The van der Waals surface area contributed by atoms with Gasteiger partial charge in [-0.1, -0.05) is 13.3 Å². The molecule has 2 unspecified atom stereocenters. The van der Waals surface area contributed by atoms with Crippen molar-refractivity contribution < 1.29 is 0 Å². The van der Waals surface area contributed by atoms with Crippen molar-refractivity contribution in [1.82, 2.24) is 9.97 Å². The first-order valence-electron chi connectivity index (χ1n) is 8.09. The summed E-state index contributed by atoms with van der Waals surface area (Å²) in [6.45, 7) is 4.15. The summed E-state index contributed by atoms with van der Waals surface area (Å²) in [6.07, 6.45) is 10.3. The molecule has 0 saturated carbocycles. The lowest BCUT2D eigenvalue weighted by Crippen LogP contribution is -2.47. The van der Waals surface area contributed by atoms with Gasteiger partial charge in [0, 0.05) is 30.4 Å². The Hall–Kier alpha value is -1.16. The van der Waals surface area contributed by atoms with Crippen LogP contribution in [0.4, 0.5) is 5.82 Å². The van der Waals surface area contributed by atoms with Gasteiger partial charge in [-0.2, -0.15) is 0 Å². The molecule has 1 fully saturated rings. The minimum atomic E-state index is 0.445. The number of nitrogens with two attached hydrogens (primary N) is 1. The van der Waals surface area contributed by atoms with Crippen molar-refractivity contribution in [1.29, 1.82) is 0 Å². The van der Waals surface area contributed by atoms with Gasteiger partial charge >= 0.3 is 0 Å². The molecule has 0 aromatic carbocycles. The second-order valence-electron chi connectivity index (χ2n) is 6.40. The average Bonchev–Trinajstić information content (AvgIpc) is 2.72. The van der Waals surface area contributed by atoms with Gasteiger partial charge in [0.15, 0.2) is 0 Å². The van der Waals surface area contributed by atoms with Gasteiger partial charge in [0.25, 0.3) is 0 Å². The summed E-state index contributed by atoms with van der Waals surface area (Å²) in [7, 11) is 0. The Morgan fingerprint density at radius 3 is 2.95 bits per heavy atom. The highest BCUT2D eigenvalue weighted by atomic mass is 15.2. The number of anilines is 1. The molecular weight excluding hydrogens is 248 g/mol. The molecule has 2 N–H and O–H groups in total. The van der Waals surface area contributed by atoms with E-state index >= 15 is 0 Å². The molecule has 1 aromatic heterocycles. The van der Waals surface area contributed by atoms with E-state index < -0.39 is 0 Å². The second kappa shape index (κ2) is 6.08. The minimum absolute atomic E-state index is 0.445. The smallest absolute Gasteiger partial charge is 0.135 e. The number of hydrogen-bond donors (Lipinski definition) is 1. The lowest BCUT2D eigenvalue weighted by atomic mass is 9.92. The van der Waals surface area contributed by atoms with Crippen LogP contribution in [0.1, 0.15) is 50.3 Å². The number of fused-ring (bicyclic) bond motifs is 1. The summed E-state index contributed by atoms with van der Waals surface area (Å²) in [5.41, 5.74) is 8.70. The molecule has 1 saturated heterocycles. The monoisotopic (exact) mass is 274 g/mol. The van der Waals surface area contributed by atoms with Gasteiger partial charge in [-0.3, -0.25) is 0 Å². The van der Waals surface area contributed by atoms with E-state index in [9.17, 15) is 0 Å². The van der Waals surface area contributed by atoms with Gasteiger partial charge in [0.1, 0.15) is 12.1 Å². The molecule has 0 bridgehead atoms. The standard InChI is InChI=1S/C16H26N4/c1-12-7-8-20(13(9-12)10-17)16-14-5-3-2-4-6-15(14)18-11-19-16/h11-13H,2-10,17H2,1H3. The van der Waals surface area contributed by atoms with Crippen LogP contribution < -0.4 is 10.6 Å². The predicted octanol–water partition coefficient (Wildman–Crippen LogP) is 2.31. The molecule has 1 aliphatic carbocycles. The maximum absolute atomic E-state index is 6.02. The fourth-order valence-electron chi connectivity index (χ4n) is 3.68. The third-order valence-electron chi connectivity index (χ3n) is 4.87. The van der Waals surface area contributed by atoms with Crippen molar-refractivity contribution in [2.45, 2.75) is 57.9 Å². The zero-order chi connectivity index (χ0) is 13.9. The Labute approximate surface area is 121 Å². The van der Waals surface area contributed by atoms with Crippen LogP contribution in [-0.4, -0.2) is 29.1 Å². The Kier molecular flexibility index (Phi) is 4.20. The molecule has 4 nitrogen and oxygen atoms in total. The minimum Gasteiger partial charge on any atom is -0.352 e. The molecule has 2 heterocycles. The molecule has 2 aliphatic rings. The highest BCUT2D eigenvalue weighted by Gasteiger charge is 2.29. The topological polar surface area (TPSA) is 55.0 Å². The first-order valence-corrected chi connectivity index (χ1v) is 8.09. The normalized spacial score (nSPS) is 27.0. The highest BCUT2D eigenvalue weighted by molar-refractivity contribution is 5.50. The van der Waals surface area contributed by atoms with Gasteiger partial charge in [-0.15, -0.1) is 0 Å². The SMILES string of the molecule is CC1CCN(c2ncnc3c2CCCCC3)C(CN)C1. The molecule has 0 amide bonds. The van der Waals surface area contributed by atoms with Gasteiger partial charge in [-0.25, -0.2) is 9.97 Å². The Morgan fingerprint density at radius 2 is 2.10 bits per heavy atom. The van der Waals surface area contributed by atoms with Crippen LogP contribution in [0.2, 0.25) is 0 Å². The molecule has 4 heteroatoms.